The Kier molecular flexibility index (Phi) is 7.17. The van der Waals surface area contributed by atoms with Crippen LogP contribution in [0.25, 0.3) is 6.08 Å². The second kappa shape index (κ2) is 9.76. The van der Waals surface area contributed by atoms with Gasteiger partial charge in [0, 0.05) is 43.4 Å². The summed E-state index contributed by atoms with van der Waals surface area (Å²) >= 11 is 12.2. The summed E-state index contributed by atoms with van der Waals surface area (Å²) in [4.78, 5) is 11.2. The van der Waals surface area contributed by atoms with E-state index in [-0.39, 0.29) is 12.2 Å². The third kappa shape index (κ3) is 5.12. The number of ether oxygens (including phenoxy) is 3. The maximum Gasteiger partial charge on any atom is 0.137 e. The van der Waals surface area contributed by atoms with Gasteiger partial charge in [-0.1, -0.05) is 23.2 Å². The largest absolute Gasteiger partial charge is 0.492 e. The zero-order valence-corrected chi connectivity index (χ0v) is 21.1. The highest BCUT2D eigenvalue weighted by molar-refractivity contribution is 6.42. The van der Waals surface area contributed by atoms with Crippen LogP contribution in [0.3, 0.4) is 0 Å². The standard InChI is InChI=1S/C24H30Cl2N4O3/c1-14-15(2)33-17(11-30(14)4)12-32-22-9-21-18(10-24(22,3)31-5)23(28-13-27-21)29-16-6-7-19(25)20(26)8-16/h6-9,13-15,17H,10-12H2,1-5H3,(H,27,28,29)/t14-,15-,17+,24?/m0/s1. The molecule has 1 fully saturated rings. The number of nitrogens with one attached hydrogen (secondary N) is 1. The zero-order chi connectivity index (χ0) is 23.8. The van der Waals surface area contributed by atoms with E-state index in [9.17, 15) is 0 Å². The third-order valence-electron chi connectivity index (χ3n) is 6.61. The molecule has 0 bridgehead atoms. The van der Waals surface area contributed by atoms with Gasteiger partial charge in [-0.05, 0) is 46.0 Å². The summed E-state index contributed by atoms with van der Waals surface area (Å²) in [5, 5.41) is 4.30. The number of benzene rings is 1. The van der Waals surface area contributed by atoms with E-state index in [1.807, 2.05) is 19.1 Å². The SMILES string of the molecule is COC1(C)Cc2c(ncnc2Nc2ccc(Cl)c(Cl)c2)C=C1OC[C@H]1CN(C)[C@@H](C)[C@H](C)O1. The topological polar surface area (TPSA) is 68.7 Å². The Hall–Kier alpha value is -1.90. The quantitative estimate of drug-likeness (QED) is 0.611. The van der Waals surface area contributed by atoms with Gasteiger partial charge in [-0.15, -0.1) is 0 Å². The Morgan fingerprint density at radius 3 is 2.73 bits per heavy atom. The van der Waals surface area contributed by atoms with Crippen molar-refractivity contribution in [2.45, 2.75) is 51.0 Å². The van der Waals surface area contributed by atoms with Crippen molar-refractivity contribution >= 4 is 40.8 Å². The van der Waals surface area contributed by atoms with Crippen LogP contribution < -0.4 is 5.32 Å². The molecule has 9 heteroatoms. The number of nitrogens with zero attached hydrogens (tertiary/aromatic N) is 3. The number of halogens is 2. The minimum atomic E-state index is -0.661. The first-order valence-electron chi connectivity index (χ1n) is 11.0. The first-order chi connectivity index (χ1) is 15.7. The maximum atomic E-state index is 6.28. The lowest BCUT2D eigenvalue weighted by Gasteiger charge is -2.41. The highest BCUT2D eigenvalue weighted by Gasteiger charge is 2.38. The molecule has 4 atom stereocenters. The summed E-state index contributed by atoms with van der Waals surface area (Å²) in [5.74, 6) is 1.42. The number of rotatable bonds is 6. The molecule has 4 rings (SSSR count). The van der Waals surface area contributed by atoms with Gasteiger partial charge in [-0.2, -0.15) is 0 Å². The van der Waals surface area contributed by atoms with Crippen LogP contribution in [0.15, 0.2) is 30.3 Å². The number of hydrogen-bond donors (Lipinski definition) is 1. The van der Waals surface area contributed by atoms with Crippen molar-refractivity contribution in [2.75, 3.05) is 32.6 Å². The minimum Gasteiger partial charge on any atom is -0.492 e. The van der Waals surface area contributed by atoms with Crippen molar-refractivity contribution in [2.24, 2.45) is 0 Å². The van der Waals surface area contributed by atoms with Gasteiger partial charge >= 0.3 is 0 Å². The van der Waals surface area contributed by atoms with Crippen molar-refractivity contribution in [3.8, 4) is 0 Å². The zero-order valence-electron chi connectivity index (χ0n) is 19.6. The summed E-state index contributed by atoms with van der Waals surface area (Å²) in [5.41, 5.74) is 1.86. The number of aromatic nitrogens is 2. The van der Waals surface area contributed by atoms with Crippen LogP contribution in [-0.2, 0) is 20.6 Å². The van der Waals surface area contributed by atoms with Crippen LogP contribution in [0.4, 0.5) is 11.5 Å². The molecule has 2 aliphatic rings. The number of likely N-dealkylation sites (N-methyl/N-ethyl adjacent to an activating group) is 1. The predicted octanol–water partition coefficient (Wildman–Crippen LogP) is 4.95. The molecule has 1 N–H and O–H groups in total. The fourth-order valence-corrected chi connectivity index (χ4v) is 4.49. The Balaban J connectivity index is 1.56. The molecular formula is C24H30Cl2N4O3. The van der Waals surface area contributed by atoms with Crippen LogP contribution in [0.5, 0.6) is 0 Å². The number of methoxy groups -OCH3 is 1. The normalized spacial score (nSPS) is 27.6. The van der Waals surface area contributed by atoms with Crippen LogP contribution in [0.1, 0.15) is 32.0 Å². The first-order valence-corrected chi connectivity index (χ1v) is 11.8. The van der Waals surface area contributed by atoms with Gasteiger partial charge in [0.15, 0.2) is 0 Å². The molecule has 7 nitrogen and oxygen atoms in total. The van der Waals surface area contributed by atoms with E-state index in [4.69, 9.17) is 37.4 Å². The van der Waals surface area contributed by atoms with Crippen LogP contribution in [0, 0.1) is 0 Å². The molecule has 33 heavy (non-hydrogen) atoms. The molecule has 0 saturated carbocycles. The summed E-state index contributed by atoms with van der Waals surface area (Å²) in [6, 6.07) is 5.75. The number of fused-ring (bicyclic) bond motifs is 1. The van der Waals surface area contributed by atoms with E-state index >= 15 is 0 Å². The second-order valence-electron chi connectivity index (χ2n) is 8.91. The van der Waals surface area contributed by atoms with E-state index in [1.54, 1.807) is 19.2 Å². The summed E-state index contributed by atoms with van der Waals surface area (Å²) in [6.45, 7) is 7.55. The van der Waals surface area contributed by atoms with Gasteiger partial charge in [0.05, 0.1) is 21.8 Å². The van der Waals surface area contributed by atoms with Gasteiger partial charge in [-0.3, -0.25) is 4.90 Å². The van der Waals surface area contributed by atoms with E-state index in [1.165, 1.54) is 6.33 Å². The van der Waals surface area contributed by atoms with Gasteiger partial charge in [0.2, 0.25) is 0 Å². The lowest BCUT2D eigenvalue weighted by molar-refractivity contribution is -0.124. The fourth-order valence-electron chi connectivity index (χ4n) is 4.19. The third-order valence-corrected chi connectivity index (χ3v) is 7.35. The van der Waals surface area contributed by atoms with Crippen molar-refractivity contribution in [3.63, 3.8) is 0 Å². The molecule has 0 radical (unpaired) electrons. The van der Waals surface area contributed by atoms with Gasteiger partial charge in [0.1, 0.15) is 36.2 Å². The van der Waals surface area contributed by atoms with Crippen molar-refractivity contribution in [1.82, 2.24) is 14.9 Å². The number of hydrogen-bond acceptors (Lipinski definition) is 7. The molecule has 0 amide bonds. The molecular weight excluding hydrogens is 463 g/mol. The minimum absolute atomic E-state index is 0.0121. The van der Waals surface area contributed by atoms with Crippen LogP contribution in [-0.4, -0.2) is 66.0 Å². The lowest BCUT2D eigenvalue weighted by Crippen LogP contribution is -2.52. The molecule has 2 heterocycles. The summed E-state index contributed by atoms with van der Waals surface area (Å²) in [6.07, 6.45) is 4.15. The Morgan fingerprint density at radius 1 is 1.24 bits per heavy atom. The van der Waals surface area contributed by atoms with Crippen molar-refractivity contribution < 1.29 is 14.2 Å². The Morgan fingerprint density at radius 2 is 2.03 bits per heavy atom. The lowest BCUT2D eigenvalue weighted by atomic mass is 9.87. The van der Waals surface area contributed by atoms with Gasteiger partial charge in [0.25, 0.3) is 0 Å². The van der Waals surface area contributed by atoms with E-state index in [0.717, 1.165) is 29.2 Å². The fraction of sp³-hybridized carbons (Fsp3) is 0.500. The molecule has 1 unspecified atom stereocenters. The number of anilines is 2. The van der Waals surface area contributed by atoms with Crippen LogP contribution >= 0.6 is 23.2 Å². The molecule has 1 aromatic carbocycles. The van der Waals surface area contributed by atoms with E-state index in [2.05, 4.69) is 41.1 Å². The molecule has 1 aromatic heterocycles. The molecule has 1 aliphatic heterocycles. The molecule has 0 spiro atoms. The highest BCUT2D eigenvalue weighted by atomic mass is 35.5. The molecule has 2 aromatic rings. The summed E-state index contributed by atoms with van der Waals surface area (Å²) < 4.78 is 18.3. The average Bonchev–Trinajstić information content (AvgIpc) is 2.79. The highest BCUT2D eigenvalue weighted by Crippen LogP contribution is 2.38. The Bertz CT molecular complexity index is 1040. The average molecular weight is 493 g/mol. The molecule has 178 valence electrons. The van der Waals surface area contributed by atoms with Crippen LogP contribution in [0.2, 0.25) is 10.0 Å². The van der Waals surface area contributed by atoms with Crippen molar-refractivity contribution in [3.05, 3.63) is 51.6 Å². The summed E-state index contributed by atoms with van der Waals surface area (Å²) in [7, 11) is 3.80. The van der Waals surface area contributed by atoms with Gasteiger partial charge in [-0.25, -0.2) is 9.97 Å². The smallest absolute Gasteiger partial charge is 0.137 e. The van der Waals surface area contributed by atoms with Crippen molar-refractivity contribution in [1.29, 1.82) is 0 Å². The monoisotopic (exact) mass is 492 g/mol. The molecule has 1 saturated heterocycles. The maximum absolute atomic E-state index is 6.28. The van der Waals surface area contributed by atoms with Gasteiger partial charge < -0.3 is 19.5 Å². The van der Waals surface area contributed by atoms with E-state index < -0.39 is 5.60 Å². The number of morpholine rings is 1. The molecule has 1 aliphatic carbocycles. The Labute approximate surface area is 205 Å². The first kappa shape index (κ1) is 24.2. The van der Waals surface area contributed by atoms with E-state index in [0.29, 0.717) is 34.9 Å². The predicted molar refractivity (Wildman–Crippen MR) is 131 cm³/mol. The second-order valence-corrected chi connectivity index (χ2v) is 9.73.